The Labute approximate surface area is 196 Å². The van der Waals surface area contributed by atoms with Crippen LogP contribution in [-0.4, -0.2) is 32.3 Å². The molecule has 1 saturated heterocycles. The highest BCUT2D eigenvalue weighted by molar-refractivity contribution is 7.92. The topological polar surface area (TPSA) is 95.6 Å². The fraction of sp³-hybridized carbons (Fsp3) is 0.167. The molecule has 9 heteroatoms. The molecule has 2 N–H and O–H groups in total. The van der Waals surface area contributed by atoms with E-state index < -0.39 is 27.3 Å². The zero-order valence-corrected chi connectivity index (χ0v) is 18.9. The van der Waals surface area contributed by atoms with Gasteiger partial charge in [0.05, 0.1) is 10.9 Å². The Morgan fingerprint density at radius 3 is 2.42 bits per heavy atom. The van der Waals surface area contributed by atoms with E-state index in [1.807, 2.05) is 6.07 Å². The van der Waals surface area contributed by atoms with Gasteiger partial charge in [-0.1, -0.05) is 41.9 Å². The van der Waals surface area contributed by atoms with Gasteiger partial charge in [-0.25, -0.2) is 13.2 Å². The van der Waals surface area contributed by atoms with Gasteiger partial charge in [-0.15, -0.1) is 0 Å². The smallest absolute Gasteiger partial charge is 0.316 e. The second-order valence-corrected chi connectivity index (χ2v) is 10.5. The Morgan fingerprint density at radius 2 is 1.70 bits per heavy atom. The van der Waals surface area contributed by atoms with Gasteiger partial charge in [-0.05, 0) is 60.0 Å². The summed E-state index contributed by atoms with van der Waals surface area (Å²) in [7, 11) is -3.90. The number of carbonyl (C=O) groups excluding carboxylic acids is 2. The first-order valence-electron chi connectivity index (χ1n) is 10.4. The van der Waals surface area contributed by atoms with E-state index >= 15 is 0 Å². The third-order valence-electron chi connectivity index (χ3n) is 5.97. The van der Waals surface area contributed by atoms with E-state index in [-0.39, 0.29) is 10.8 Å². The summed E-state index contributed by atoms with van der Waals surface area (Å²) >= 11 is 5.92. The summed E-state index contributed by atoms with van der Waals surface area (Å²) in [5.74, 6) is -0.169. The van der Waals surface area contributed by atoms with E-state index in [9.17, 15) is 18.0 Å². The number of rotatable bonds is 4. The van der Waals surface area contributed by atoms with Gasteiger partial charge in [0.2, 0.25) is 9.84 Å². The number of hydrogen-bond donors (Lipinski definition) is 2. The summed E-state index contributed by atoms with van der Waals surface area (Å²) in [6.45, 7) is 0.453. The molecule has 2 unspecified atom stereocenters. The Hall–Kier alpha value is -3.36. The monoisotopic (exact) mass is 481 g/mol. The van der Waals surface area contributed by atoms with Crippen molar-refractivity contribution >= 4 is 39.1 Å². The van der Waals surface area contributed by atoms with Gasteiger partial charge in [-0.3, -0.25) is 4.79 Å². The highest BCUT2D eigenvalue weighted by Gasteiger charge is 2.43. The van der Waals surface area contributed by atoms with Crippen molar-refractivity contribution in [3.05, 3.63) is 94.5 Å². The highest BCUT2D eigenvalue weighted by atomic mass is 35.5. The molecular formula is C24H20ClN3O4S. The SMILES string of the molecule is O=C1NC(c2ccccc2)C(S(=O)(=O)c2ccc3c(c2)CCN3C(=O)c2ccc(Cl)cc2)N1. The van der Waals surface area contributed by atoms with Crippen molar-refractivity contribution in [2.24, 2.45) is 0 Å². The van der Waals surface area contributed by atoms with Crippen molar-refractivity contribution in [1.29, 1.82) is 0 Å². The fourth-order valence-corrected chi connectivity index (χ4v) is 6.14. The summed E-state index contributed by atoms with van der Waals surface area (Å²) in [5.41, 5.74) is 2.66. The van der Waals surface area contributed by atoms with Crippen LogP contribution in [0, 0.1) is 0 Å². The summed E-state index contributed by atoms with van der Waals surface area (Å²) in [4.78, 5) is 26.7. The molecule has 0 spiro atoms. The molecule has 33 heavy (non-hydrogen) atoms. The Kier molecular flexibility index (Phi) is 5.34. The van der Waals surface area contributed by atoms with E-state index in [4.69, 9.17) is 11.6 Å². The van der Waals surface area contributed by atoms with E-state index in [2.05, 4.69) is 10.6 Å². The fourth-order valence-electron chi connectivity index (χ4n) is 4.31. The summed E-state index contributed by atoms with van der Waals surface area (Å²) in [6, 6.07) is 19.2. The zero-order valence-electron chi connectivity index (χ0n) is 17.4. The minimum atomic E-state index is -3.90. The Morgan fingerprint density at radius 1 is 0.970 bits per heavy atom. The lowest BCUT2D eigenvalue weighted by atomic mass is 10.1. The van der Waals surface area contributed by atoms with Crippen molar-refractivity contribution in [2.75, 3.05) is 11.4 Å². The predicted molar refractivity (Wildman–Crippen MR) is 125 cm³/mol. The molecule has 2 aliphatic rings. The van der Waals surface area contributed by atoms with Crippen LogP contribution in [0.1, 0.15) is 27.5 Å². The average Bonchev–Trinajstić information content (AvgIpc) is 3.43. The lowest BCUT2D eigenvalue weighted by molar-refractivity contribution is 0.0989. The average molecular weight is 482 g/mol. The maximum Gasteiger partial charge on any atom is 0.316 e. The number of nitrogens with zero attached hydrogens (tertiary/aromatic N) is 1. The molecule has 0 saturated carbocycles. The van der Waals surface area contributed by atoms with Crippen LogP contribution >= 0.6 is 11.6 Å². The number of sulfone groups is 1. The second-order valence-electron chi connectivity index (χ2n) is 7.98. The van der Waals surface area contributed by atoms with Crippen LogP contribution in [0.4, 0.5) is 10.5 Å². The predicted octanol–water partition coefficient (Wildman–Crippen LogP) is 3.70. The first kappa shape index (κ1) is 21.5. The molecule has 2 aliphatic heterocycles. The van der Waals surface area contributed by atoms with Crippen LogP contribution in [0.15, 0.2) is 77.7 Å². The molecule has 0 aliphatic carbocycles. The number of anilines is 1. The first-order valence-corrected chi connectivity index (χ1v) is 12.3. The molecule has 3 aromatic carbocycles. The third kappa shape index (κ3) is 3.85. The minimum absolute atomic E-state index is 0.108. The maximum absolute atomic E-state index is 13.5. The number of halogens is 1. The van der Waals surface area contributed by atoms with Crippen molar-refractivity contribution < 1.29 is 18.0 Å². The van der Waals surface area contributed by atoms with Crippen LogP contribution in [0.2, 0.25) is 5.02 Å². The highest BCUT2D eigenvalue weighted by Crippen LogP contribution is 2.34. The van der Waals surface area contributed by atoms with Crippen molar-refractivity contribution in [2.45, 2.75) is 22.7 Å². The van der Waals surface area contributed by atoms with E-state index in [1.165, 1.54) is 6.07 Å². The zero-order chi connectivity index (χ0) is 23.2. The number of nitrogens with one attached hydrogen (secondary N) is 2. The molecule has 3 amide bonds. The third-order valence-corrected chi connectivity index (χ3v) is 8.19. The van der Waals surface area contributed by atoms with Gasteiger partial charge in [0.1, 0.15) is 0 Å². The number of benzene rings is 3. The second kappa shape index (κ2) is 8.20. The molecule has 0 aromatic heterocycles. The summed E-state index contributed by atoms with van der Waals surface area (Å²) < 4.78 is 27.0. The van der Waals surface area contributed by atoms with E-state index in [0.29, 0.717) is 34.8 Å². The minimum Gasteiger partial charge on any atom is -0.328 e. The standard InChI is InChI=1S/C24H20ClN3O4S/c25-18-8-6-16(7-9-18)23(29)28-13-12-17-14-19(10-11-20(17)28)33(31,32)22-21(26-24(30)27-22)15-4-2-1-3-5-15/h1-11,14,21-22H,12-13H2,(H2,26,27,30). The maximum atomic E-state index is 13.5. The van der Waals surface area contributed by atoms with Crippen LogP contribution in [0.5, 0.6) is 0 Å². The van der Waals surface area contributed by atoms with E-state index in [0.717, 1.165) is 5.56 Å². The molecule has 1 fully saturated rings. The number of hydrogen-bond acceptors (Lipinski definition) is 4. The number of urea groups is 1. The Bertz CT molecular complexity index is 1340. The van der Waals surface area contributed by atoms with Gasteiger partial charge in [0.15, 0.2) is 5.37 Å². The van der Waals surface area contributed by atoms with Crippen LogP contribution < -0.4 is 15.5 Å². The van der Waals surface area contributed by atoms with Crippen molar-refractivity contribution in [3.63, 3.8) is 0 Å². The molecular weight excluding hydrogens is 462 g/mol. The van der Waals surface area contributed by atoms with Crippen LogP contribution in [0.3, 0.4) is 0 Å². The number of fused-ring (bicyclic) bond motifs is 1. The van der Waals surface area contributed by atoms with Gasteiger partial charge in [0.25, 0.3) is 5.91 Å². The van der Waals surface area contributed by atoms with Gasteiger partial charge in [-0.2, -0.15) is 0 Å². The summed E-state index contributed by atoms with van der Waals surface area (Å²) in [6.07, 6.45) is 0.537. The van der Waals surface area contributed by atoms with Gasteiger partial charge < -0.3 is 15.5 Å². The van der Waals surface area contributed by atoms with Crippen molar-refractivity contribution in [1.82, 2.24) is 10.6 Å². The largest absolute Gasteiger partial charge is 0.328 e. The van der Waals surface area contributed by atoms with E-state index in [1.54, 1.807) is 65.6 Å². The molecule has 0 radical (unpaired) electrons. The lowest BCUT2D eigenvalue weighted by Crippen LogP contribution is -2.36. The van der Waals surface area contributed by atoms with Crippen LogP contribution in [-0.2, 0) is 16.3 Å². The normalized spacial score (nSPS) is 19.7. The Balaban J connectivity index is 1.45. The summed E-state index contributed by atoms with van der Waals surface area (Å²) in [5, 5.41) is 4.66. The molecule has 5 rings (SSSR count). The molecule has 168 valence electrons. The van der Waals surface area contributed by atoms with Crippen molar-refractivity contribution in [3.8, 4) is 0 Å². The molecule has 0 bridgehead atoms. The lowest BCUT2D eigenvalue weighted by Gasteiger charge is -2.20. The molecule has 2 atom stereocenters. The molecule has 3 aromatic rings. The first-order chi connectivity index (χ1) is 15.8. The van der Waals surface area contributed by atoms with Gasteiger partial charge >= 0.3 is 6.03 Å². The van der Waals surface area contributed by atoms with Crippen LogP contribution in [0.25, 0.3) is 0 Å². The number of carbonyl (C=O) groups is 2. The molecule has 7 nitrogen and oxygen atoms in total. The number of amides is 3. The molecule has 2 heterocycles. The quantitative estimate of drug-likeness (QED) is 0.594. The van der Waals surface area contributed by atoms with Gasteiger partial charge in [0, 0.05) is 22.8 Å².